The standard InChI is InChI=1S/C11H12O5/c1-14-8-2-7(11(12)13)3-9(4-8)16-10-5-15-6-10/h2-4,10H,5-6H2,1H3,(H,12,13). The van der Waals surface area contributed by atoms with E-state index in [2.05, 4.69) is 0 Å². The van der Waals surface area contributed by atoms with Crippen LogP contribution in [0, 0.1) is 0 Å². The number of benzene rings is 1. The second-order valence-electron chi connectivity index (χ2n) is 3.48. The normalized spacial score (nSPS) is 15.3. The highest BCUT2D eigenvalue weighted by Crippen LogP contribution is 2.24. The number of carboxylic acid groups (broad SMARTS) is 1. The fourth-order valence-electron chi connectivity index (χ4n) is 1.36. The highest BCUT2D eigenvalue weighted by atomic mass is 16.6. The average molecular weight is 224 g/mol. The van der Waals surface area contributed by atoms with Gasteiger partial charge in [0.25, 0.3) is 0 Å². The molecule has 0 amide bonds. The molecule has 0 radical (unpaired) electrons. The molecule has 5 nitrogen and oxygen atoms in total. The maximum atomic E-state index is 10.9. The first-order chi connectivity index (χ1) is 7.69. The molecule has 1 aromatic rings. The molecule has 2 rings (SSSR count). The van der Waals surface area contributed by atoms with Crippen LogP contribution in [0.1, 0.15) is 10.4 Å². The topological polar surface area (TPSA) is 65.0 Å². The minimum Gasteiger partial charge on any atom is -0.497 e. The monoisotopic (exact) mass is 224 g/mol. The van der Waals surface area contributed by atoms with Gasteiger partial charge in [0.1, 0.15) is 17.6 Å². The molecule has 1 N–H and O–H groups in total. The van der Waals surface area contributed by atoms with Crippen molar-refractivity contribution < 1.29 is 24.1 Å². The molecule has 1 aromatic carbocycles. The number of aromatic carboxylic acids is 1. The summed E-state index contributed by atoms with van der Waals surface area (Å²) in [5.74, 6) is -0.0474. The van der Waals surface area contributed by atoms with Gasteiger partial charge in [-0.15, -0.1) is 0 Å². The maximum Gasteiger partial charge on any atom is 0.335 e. The largest absolute Gasteiger partial charge is 0.497 e. The number of ether oxygens (including phenoxy) is 3. The maximum absolute atomic E-state index is 10.9. The first-order valence-electron chi connectivity index (χ1n) is 4.86. The van der Waals surface area contributed by atoms with Gasteiger partial charge in [0.15, 0.2) is 0 Å². The van der Waals surface area contributed by atoms with Crippen LogP contribution >= 0.6 is 0 Å². The van der Waals surface area contributed by atoms with Crippen LogP contribution < -0.4 is 9.47 Å². The van der Waals surface area contributed by atoms with Crippen LogP contribution in [0.4, 0.5) is 0 Å². The molecule has 5 heteroatoms. The second kappa shape index (κ2) is 4.40. The highest BCUT2D eigenvalue weighted by Gasteiger charge is 2.21. The molecule has 1 saturated heterocycles. The van der Waals surface area contributed by atoms with Crippen LogP contribution in [0.25, 0.3) is 0 Å². The molecular weight excluding hydrogens is 212 g/mol. The van der Waals surface area contributed by atoms with E-state index in [1.165, 1.54) is 19.2 Å². The van der Waals surface area contributed by atoms with Crippen molar-refractivity contribution >= 4 is 5.97 Å². The lowest BCUT2D eigenvalue weighted by molar-refractivity contribution is -0.0797. The SMILES string of the molecule is COc1cc(OC2COC2)cc(C(=O)O)c1. The Bertz CT molecular complexity index is 397. The van der Waals surface area contributed by atoms with Gasteiger partial charge in [0.05, 0.1) is 25.9 Å². The zero-order chi connectivity index (χ0) is 11.5. The van der Waals surface area contributed by atoms with Crippen LogP contribution in [-0.4, -0.2) is 37.5 Å². The first kappa shape index (κ1) is 10.8. The highest BCUT2D eigenvalue weighted by molar-refractivity contribution is 5.88. The molecule has 86 valence electrons. The predicted octanol–water partition coefficient (Wildman–Crippen LogP) is 1.17. The van der Waals surface area contributed by atoms with E-state index >= 15 is 0 Å². The third-order valence-corrected chi connectivity index (χ3v) is 2.27. The minimum atomic E-state index is -1.01. The van der Waals surface area contributed by atoms with E-state index in [1.54, 1.807) is 6.07 Å². The molecule has 1 aliphatic rings. The van der Waals surface area contributed by atoms with Gasteiger partial charge in [0, 0.05) is 6.07 Å². The molecule has 0 bridgehead atoms. The Kier molecular flexibility index (Phi) is 2.96. The Morgan fingerprint density at radius 1 is 1.38 bits per heavy atom. The molecule has 0 spiro atoms. The number of carboxylic acids is 1. The van der Waals surface area contributed by atoms with Crippen LogP contribution in [0.3, 0.4) is 0 Å². The molecule has 0 atom stereocenters. The van der Waals surface area contributed by atoms with Crippen molar-refractivity contribution in [3.8, 4) is 11.5 Å². The Hall–Kier alpha value is -1.75. The zero-order valence-corrected chi connectivity index (χ0v) is 8.80. The minimum absolute atomic E-state index is 0.00810. The molecule has 0 unspecified atom stereocenters. The van der Waals surface area contributed by atoms with Crippen molar-refractivity contribution in [3.63, 3.8) is 0 Å². The Labute approximate surface area is 92.5 Å². The van der Waals surface area contributed by atoms with Crippen molar-refractivity contribution in [2.75, 3.05) is 20.3 Å². The summed E-state index contributed by atoms with van der Waals surface area (Å²) >= 11 is 0. The lowest BCUT2D eigenvalue weighted by Gasteiger charge is -2.26. The van der Waals surface area contributed by atoms with Gasteiger partial charge in [-0.05, 0) is 12.1 Å². The molecule has 1 aliphatic heterocycles. The van der Waals surface area contributed by atoms with Crippen LogP contribution in [0.15, 0.2) is 18.2 Å². The van der Waals surface area contributed by atoms with Gasteiger partial charge >= 0.3 is 5.97 Å². The smallest absolute Gasteiger partial charge is 0.335 e. The Balaban J connectivity index is 2.21. The summed E-state index contributed by atoms with van der Waals surface area (Å²) in [4.78, 5) is 10.9. The summed E-state index contributed by atoms with van der Waals surface area (Å²) in [6.07, 6.45) is 0.00810. The lowest BCUT2D eigenvalue weighted by atomic mass is 10.2. The number of hydrogen-bond donors (Lipinski definition) is 1. The van der Waals surface area contributed by atoms with Gasteiger partial charge in [-0.25, -0.2) is 4.79 Å². The van der Waals surface area contributed by atoms with E-state index in [-0.39, 0.29) is 11.7 Å². The van der Waals surface area contributed by atoms with Crippen molar-refractivity contribution in [2.24, 2.45) is 0 Å². The fraction of sp³-hybridized carbons (Fsp3) is 0.364. The molecular formula is C11H12O5. The number of hydrogen-bond acceptors (Lipinski definition) is 4. The first-order valence-corrected chi connectivity index (χ1v) is 4.86. The van der Waals surface area contributed by atoms with E-state index in [0.29, 0.717) is 24.7 Å². The summed E-state index contributed by atoms with van der Waals surface area (Å²) in [5, 5.41) is 8.90. The summed E-state index contributed by atoms with van der Waals surface area (Å²) in [6, 6.07) is 4.58. The Morgan fingerprint density at radius 3 is 2.56 bits per heavy atom. The van der Waals surface area contributed by atoms with E-state index in [4.69, 9.17) is 19.3 Å². The number of methoxy groups -OCH3 is 1. The molecule has 1 heterocycles. The van der Waals surface area contributed by atoms with Gasteiger partial charge < -0.3 is 19.3 Å². The summed E-state index contributed by atoms with van der Waals surface area (Å²) < 4.78 is 15.5. The summed E-state index contributed by atoms with van der Waals surface area (Å²) in [7, 11) is 1.48. The molecule has 0 aromatic heterocycles. The lowest BCUT2D eigenvalue weighted by Crippen LogP contribution is -2.38. The predicted molar refractivity (Wildman–Crippen MR) is 55.2 cm³/mol. The molecule has 0 saturated carbocycles. The third kappa shape index (κ3) is 2.25. The molecule has 16 heavy (non-hydrogen) atoms. The zero-order valence-electron chi connectivity index (χ0n) is 8.80. The van der Waals surface area contributed by atoms with Crippen LogP contribution in [0.2, 0.25) is 0 Å². The van der Waals surface area contributed by atoms with Crippen molar-refractivity contribution in [2.45, 2.75) is 6.10 Å². The Morgan fingerprint density at radius 2 is 2.06 bits per heavy atom. The van der Waals surface area contributed by atoms with E-state index < -0.39 is 5.97 Å². The van der Waals surface area contributed by atoms with Crippen molar-refractivity contribution in [1.29, 1.82) is 0 Å². The van der Waals surface area contributed by atoms with Gasteiger partial charge in [-0.3, -0.25) is 0 Å². The van der Waals surface area contributed by atoms with E-state index in [9.17, 15) is 4.79 Å². The number of carbonyl (C=O) groups is 1. The van der Waals surface area contributed by atoms with Gasteiger partial charge in [0.2, 0.25) is 0 Å². The second-order valence-corrected chi connectivity index (χ2v) is 3.48. The van der Waals surface area contributed by atoms with Crippen LogP contribution in [0.5, 0.6) is 11.5 Å². The molecule has 0 aliphatic carbocycles. The van der Waals surface area contributed by atoms with E-state index in [1.807, 2.05) is 0 Å². The van der Waals surface area contributed by atoms with Gasteiger partial charge in [-0.1, -0.05) is 0 Å². The van der Waals surface area contributed by atoms with Crippen molar-refractivity contribution in [3.05, 3.63) is 23.8 Å². The third-order valence-electron chi connectivity index (χ3n) is 2.27. The quantitative estimate of drug-likeness (QED) is 0.831. The van der Waals surface area contributed by atoms with Gasteiger partial charge in [-0.2, -0.15) is 0 Å². The fourth-order valence-corrected chi connectivity index (χ4v) is 1.36. The average Bonchev–Trinajstić information content (AvgIpc) is 2.23. The summed E-state index contributed by atoms with van der Waals surface area (Å²) in [5.41, 5.74) is 0.148. The summed E-state index contributed by atoms with van der Waals surface area (Å²) in [6.45, 7) is 1.08. The van der Waals surface area contributed by atoms with Crippen molar-refractivity contribution in [1.82, 2.24) is 0 Å². The van der Waals surface area contributed by atoms with E-state index in [0.717, 1.165) is 0 Å². The van der Waals surface area contributed by atoms with Crippen LogP contribution in [-0.2, 0) is 4.74 Å². The number of rotatable bonds is 4. The molecule has 1 fully saturated rings.